The molecule has 0 aliphatic heterocycles. The summed E-state index contributed by atoms with van der Waals surface area (Å²) in [5.74, 6) is -0.520. The van der Waals surface area contributed by atoms with Crippen LogP contribution in [-0.4, -0.2) is 152 Å². The van der Waals surface area contributed by atoms with Gasteiger partial charge < -0.3 is 57.3 Å². The Morgan fingerprint density at radius 2 is 1.37 bits per heavy atom. The van der Waals surface area contributed by atoms with Gasteiger partial charge in [-0.05, 0) is 122 Å². The molecule has 0 unspecified atom stereocenters. The van der Waals surface area contributed by atoms with Gasteiger partial charge in [0.25, 0.3) is 5.91 Å². The number of hydrogen-bond donors (Lipinski definition) is 12. The van der Waals surface area contributed by atoms with E-state index in [-0.39, 0.29) is 82.8 Å². The van der Waals surface area contributed by atoms with Crippen LogP contribution in [0, 0.1) is 11.8 Å². The minimum absolute atomic E-state index is 0.0440. The summed E-state index contributed by atoms with van der Waals surface area (Å²) in [6.45, 7) is 10.0. The normalized spacial score (nSPS) is 16.1. The molecule has 1 aromatic rings. The van der Waals surface area contributed by atoms with Crippen LogP contribution in [0.4, 0.5) is 5.69 Å². The molecule has 1 aromatic carbocycles. The zero-order valence-electron chi connectivity index (χ0n) is 42.1. The van der Waals surface area contributed by atoms with Gasteiger partial charge in [-0.1, -0.05) is 6.92 Å². The number of nitrogens with one attached hydrogen (secondary N) is 8. The molecule has 400 valence electrons. The average molecular weight is 1010 g/mol. The van der Waals surface area contributed by atoms with Crippen molar-refractivity contribution >= 4 is 58.7 Å². The van der Waals surface area contributed by atoms with Crippen molar-refractivity contribution in [2.75, 3.05) is 64.5 Å². The third kappa shape index (κ3) is 24.4. The largest absolute Gasteiger partial charge is 0.481 e. The van der Waals surface area contributed by atoms with Crippen molar-refractivity contribution in [2.45, 2.75) is 141 Å². The predicted octanol–water partition coefficient (Wildman–Crippen LogP) is 0.255. The van der Waals surface area contributed by atoms with Gasteiger partial charge in [0.2, 0.25) is 23.6 Å². The van der Waals surface area contributed by atoms with Crippen LogP contribution in [0.1, 0.15) is 122 Å². The van der Waals surface area contributed by atoms with Gasteiger partial charge in [0.15, 0.2) is 11.6 Å². The van der Waals surface area contributed by atoms with Gasteiger partial charge in [-0.2, -0.15) is 0 Å². The number of hydrogen-bond acceptors (Lipinski definition) is 16. The van der Waals surface area contributed by atoms with E-state index >= 15 is 0 Å². The van der Waals surface area contributed by atoms with E-state index in [2.05, 4.69) is 49.6 Å². The number of rotatable bonds is 38. The zero-order chi connectivity index (χ0) is 53.0. The second-order valence-electron chi connectivity index (χ2n) is 18.9. The van der Waals surface area contributed by atoms with Crippen LogP contribution in [0.3, 0.4) is 0 Å². The van der Waals surface area contributed by atoms with Crippen molar-refractivity contribution in [3.63, 3.8) is 0 Å². The zero-order valence-corrected chi connectivity index (χ0v) is 42.1. The number of aliphatic carboxylic acids is 2. The Morgan fingerprint density at radius 3 is 1.99 bits per heavy atom. The molecule has 23 nitrogen and oxygen atoms in total. The van der Waals surface area contributed by atoms with Crippen molar-refractivity contribution in [3.05, 3.63) is 29.8 Å². The second kappa shape index (κ2) is 32.4. The number of ketones is 2. The molecule has 0 bridgehead atoms. The lowest BCUT2D eigenvalue weighted by Crippen LogP contribution is -2.56. The van der Waals surface area contributed by atoms with Gasteiger partial charge in [0, 0.05) is 56.2 Å². The number of carboxylic acid groups (broad SMARTS) is 2. The van der Waals surface area contributed by atoms with E-state index in [1.54, 1.807) is 39.8 Å². The van der Waals surface area contributed by atoms with Crippen LogP contribution in [0.5, 0.6) is 0 Å². The molecule has 1 aliphatic rings. The van der Waals surface area contributed by atoms with Crippen molar-refractivity contribution in [2.24, 2.45) is 23.4 Å². The summed E-state index contributed by atoms with van der Waals surface area (Å²) in [7, 11) is 0. The number of benzene rings is 1. The van der Waals surface area contributed by atoms with E-state index in [1.165, 1.54) is 0 Å². The summed E-state index contributed by atoms with van der Waals surface area (Å²) in [5.41, 5.74) is 7.20. The molecule has 0 saturated heterocycles. The number of carbonyl (C=O) groups excluding carboxylic acids is 7. The molecule has 14 N–H and O–H groups in total. The molecule has 23 heteroatoms. The Morgan fingerprint density at radius 1 is 0.718 bits per heavy atom. The first-order valence-corrected chi connectivity index (χ1v) is 24.5. The highest BCUT2D eigenvalue weighted by Crippen LogP contribution is 2.28. The molecule has 1 saturated carbocycles. The quantitative estimate of drug-likeness (QED) is 0.0240. The Bertz CT molecular complexity index is 1890. The van der Waals surface area contributed by atoms with E-state index in [1.807, 2.05) is 12.1 Å². The van der Waals surface area contributed by atoms with Gasteiger partial charge in [0.05, 0.1) is 43.5 Å². The van der Waals surface area contributed by atoms with Gasteiger partial charge in [-0.3, -0.25) is 54.9 Å². The fourth-order valence-corrected chi connectivity index (χ4v) is 7.66. The molecule has 0 aromatic heterocycles. The standard InChI is InChI=1S/C48H80N10O13/c1-6-22-51-34-16-14-32(15-17-34)44(66)52-23-8-7-9-36(43(49)65)57-40(61)29-54-47(2,3)38(59)30-71-27-26-70-25-24-53-48(4,5)42(64)35(19-21-41(62)63)56-39(60)20-18-37(46(68)69)58-45(67)33-12-10-31(11-13-33)28-55-50/h14-17,31,33,35-37,51,53-55H,6-13,18-30,50H2,1-5H3,(H2,49,65)(H,52,66)(H,56,60)(H,57,61)(H,58,67)(H,62,63)(H,68,69)/t31?,33?,35-,36-,37-/m0/s1. The summed E-state index contributed by atoms with van der Waals surface area (Å²) < 4.78 is 11.1. The molecule has 5 amide bonds. The number of carbonyl (C=O) groups is 9. The highest BCUT2D eigenvalue weighted by molar-refractivity contribution is 5.96. The van der Waals surface area contributed by atoms with Crippen molar-refractivity contribution in [3.8, 4) is 0 Å². The number of carboxylic acids is 2. The van der Waals surface area contributed by atoms with E-state index in [0.29, 0.717) is 50.3 Å². The van der Waals surface area contributed by atoms with Crippen molar-refractivity contribution in [1.82, 2.24) is 37.3 Å². The maximum absolute atomic E-state index is 13.6. The molecule has 3 atom stereocenters. The molecule has 0 spiro atoms. The molecular weight excluding hydrogens is 925 g/mol. The number of unbranched alkanes of at least 4 members (excludes halogenated alkanes) is 1. The summed E-state index contributed by atoms with van der Waals surface area (Å²) in [5, 5.41) is 38.8. The highest BCUT2D eigenvalue weighted by Gasteiger charge is 2.35. The number of Topliss-reactive ketones (excluding diaryl/α,β-unsaturated/α-hetero) is 2. The number of primary amides is 1. The van der Waals surface area contributed by atoms with Crippen LogP contribution >= 0.6 is 0 Å². The molecule has 0 heterocycles. The Labute approximate surface area is 416 Å². The fourth-order valence-electron chi connectivity index (χ4n) is 7.66. The lowest BCUT2D eigenvalue weighted by molar-refractivity contribution is -0.143. The maximum atomic E-state index is 13.6. The van der Waals surface area contributed by atoms with E-state index in [9.17, 15) is 53.4 Å². The molecule has 1 fully saturated rings. The third-order valence-corrected chi connectivity index (χ3v) is 12.2. The SMILES string of the molecule is CCCNc1ccc(C(=O)NCCCC[C@H](NC(=O)CNC(C)(C)C(=O)COCCOCCNC(C)(C)C(=O)[C@H](CCC(=O)O)NC(=O)CC[C@H](NC(=O)C2CCC(CNN)CC2)C(=O)O)C(N)=O)cc1. The monoisotopic (exact) mass is 1000 g/mol. The maximum Gasteiger partial charge on any atom is 0.326 e. The van der Waals surface area contributed by atoms with Gasteiger partial charge in [-0.25, -0.2) is 4.79 Å². The minimum Gasteiger partial charge on any atom is -0.481 e. The Balaban J connectivity index is 1.70. The Kier molecular flexibility index (Phi) is 28.1. The average Bonchev–Trinajstić information content (AvgIpc) is 3.32. The number of hydrazine groups is 1. The summed E-state index contributed by atoms with van der Waals surface area (Å²) in [6.07, 6.45) is 3.77. The van der Waals surface area contributed by atoms with Crippen LogP contribution < -0.4 is 54.2 Å². The van der Waals surface area contributed by atoms with Crippen molar-refractivity contribution < 1.29 is 62.8 Å². The van der Waals surface area contributed by atoms with Crippen LogP contribution in [0.2, 0.25) is 0 Å². The molecule has 2 rings (SSSR count). The third-order valence-electron chi connectivity index (χ3n) is 12.2. The molecular formula is C48H80N10O13. The van der Waals surface area contributed by atoms with E-state index in [0.717, 1.165) is 31.5 Å². The second-order valence-corrected chi connectivity index (χ2v) is 18.9. The summed E-state index contributed by atoms with van der Waals surface area (Å²) in [6, 6.07) is 3.67. The van der Waals surface area contributed by atoms with E-state index < -0.39 is 77.0 Å². The topological polar surface area (TPSA) is 361 Å². The van der Waals surface area contributed by atoms with Gasteiger partial charge in [0.1, 0.15) is 18.7 Å². The highest BCUT2D eigenvalue weighted by atomic mass is 16.5. The Hall–Kier alpha value is -5.59. The van der Waals surface area contributed by atoms with E-state index in [4.69, 9.17) is 21.1 Å². The number of anilines is 1. The van der Waals surface area contributed by atoms with Crippen molar-refractivity contribution in [1.29, 1.82) is 0 Å². The first-order valence-electron chi connectivity index (χ1n) is 24.5. The van der Waals surface area contributed by atoms with Crippen LogP contribution in [0.25, 0.3) is 0 Å². The first kappa shape index (κ1) is 61.5. The fraction of sp³-hybridized carbons (Fsp3) is 0.688. The lowest BCUT2D eigenvalue weighted by Gasteiger charge is -2.30. The number of amides is 5. The smallest absolute Gasteiger partial charge is 0.326 e. The number of nitrogens with two attached hydrogens (primary N) is 2. The minimum atomic E-state index is -1.34. The summed E-state index contributed by atoms with van der Waals surface area (Å²) in [4.78, 5) is 113. The predicted molar refractivity (Wildman–Crippen MR) is 264 cm³/mol. The summed E-state index contributed by atoms with van der Waals surface area (Å²) >= 11 is 0. The van der Waals surface area contributed by atoms with Gasteiger partial charge >= 0.3 is 11.9 Å². The molecule has 1 aliphatic carbocycles. The van der Waals surface area contributed by atoms with Crippen LogP contribution in [0.15, 0.2) is 24.3 Å². The lowest BCUT2D eigenvalue weighted by atomic mass is 9.81. The molecule has 71 heavy (non-hydrogen) atoms. The van der Waals surface area contributed by atoms with Gasteiger partial charge in [-0.15, -0.1) is 0 Å². The molecule has 0 radical (unpaired) electrons. The van der Waals surface area contributed by atoms with Crippen LogP contribution in [-0.2, 0) is 47.8 Å². The number of ether oxygens (including phenoxy) is 2. The first-order chi connectivity index (χ1) is 33.6.